The fourth-order valence-electron chi connectivity index (χ4n) is 3.29. The first kappa shape index (κ1) is 26.1. The SMILES string of the molecule is O=C(Oc1c(C(=O)c2cc(F)c(F)c(F)c2OC(=O)c2ccccc2)cc(F)c(F)c1F)c1ccccc1. The molecule has 0 unspecified atom stereocenters. The van der Waals surface area contributed by atoms with E-state index in [-0.39, 0.29) is 23.3 Å². The van der Waals surface area contributed by atoms with Gasteiger partial charge >= 0.3 is 11.9 Å². The van der Waals surface area contributed by atoms with Gasteiger partial charge in [0.1, 0.15) is 0 Å². The van der Waals surface area contributed by atoms with Crippen molar-refractivity contribution >= 4 is 17.7 Å². The summed E-state index contributed by atoms with van der Waals surface area (Å²) in [6, 6.07) is 13.8. The first-order valence-electron chi connectivity index (χ1n) is 10.5. The number of ketones is 1. The Bertz CT molecular complexity index is 1460. The Morgan fingerprint density at radius 2 is 0.842 bits per heavy atom. The van der Waals surface area contributed by atoms with Crippen molar-refractivity contribution in [1.29, 1.82) is 0 Å². The minimum Gasteiger partial charge on any atom is -0.419 e. The smallest absolute Gasteiger partial charge is 0.343 e. The lowest BCUT2D eigenvalue weighted by molar-refractivity contribution is 0.0717. The van der Waals surface area contributed by atoms with Gasteiger partial charge in [0.2, 0.25) is 17.4 Å². The minimum atomic E-state index is -2.12. The molecule has 0 aliphatic heterocycles. The molecule has 4 aromatic rings. The lowest BCUT2D eigenvalue weighted by Gasteiger charge is -2.15. The fraction of sp³-hybridized carbons (Fsp3) is 0. The molecule has 0 spiro atoms. The Kier molecular flexibility index (Phi) is 7.28. The minimum absolute atomic E-state index is 0.107. The standard InChI is InChI=1S/C27H12F6O5/c28-17-11-15(24(21(32)19(17)30)37-26(35)13-7-3-1-4-8-13)23(34)16-12-18(29)20(31)22(33)25(16)38-27(36)14-9-5-2-6-10-14/h1-12H. The molecule has 0 saturated carbocycles. The average Bonchev–Trinajstić information content (AvgIpc) is 2.93. The molecule has 0 aliphatic carbocycles. The van der Waals surface area contributed by atoms with E-state index in [0.717, 1.165) is 0 Å². The predicted molar refractivity (Wildman–Crippen MR) is 119 cm³/mol. The molecule has 0 amide bonds. The number of hydrogen-bond donors (Lipinski definition) is 0. The zero-order valence-electron chi connectivity index (χ0n) is 18.7. The second-order valence-corrected chi connectivity index (χ2v) is 7.57. The van der Waals surface area contributed by atoms with E-state index in [0.29, 0.717) is 0 Å². The number of esters is 2. The summed E-state index contributed by atoms with van der Waals surface area (Å²) in [6.45, 7) is 0. The molecule has 4 aromatic carbocycles. The molecule has 4 rings (SSSR count). The van der Waals surface area contributed by atoms with Crippen LogP contribution in [0.1, 0.15) is 36.6 Å². The van der Waals surface area contributed by atoms with E-state index in [2.05, 4.69) is 0 Å². The molecular weight excluding hydrogens is 518 g/mol. The van der Waals surface area contributed by atoms with Crippen LogP contribution in [0.4, 0.5) is 26.3 Å². The highest BCUT2D eigenvalue weighted by atomic mass is 19.2. The van der Waals surface area contributed by atoms with Crippen LogP contribution in [-0.4, -0.2) is 17.7 Å². The summed E-state index contributed by atoms with van der Waals surface area (Å²) in [4.78, 5) is 38.1. The number of ether oxygens (including phenoxy) is 2. The van der Waals surface area contributed by atoms with Crippen LogP contribution in [0.2, 0.25) is 0 Å². The third kappa shape index (κ3) is 4.99. The topological polar surface area (TPSA) is 69.7 Å². The van der Waals surface area contributed by atoms with Crippen molar-refractivity contribution in [3.63, 3.8) is 0 Å². The molecule has 0 heterocycles. The number of carbonyl (C=O) groups is 3. The van der Waals surface area contributed by atoms with Crippen LogP contribution in [0.3, 0.4) is 0 Å². The van der Waals surface area contributed by atoms with Crippen molar-refractivity contribution in [3.05, 3.63) is 130 Å². The van der Waals surface area contributed by atoms with Gasteiger partial charge in [0.25, 0.3) is 0 Å². The first-order chi connectivity index (χ1) is 18.1. The Morgan fingerprint density at radius 3 is 1.18 bits per heavy atom. The van der Waals surface area contributed by atoms with E-state index >= 15 is 0 Å². The van der Waals surface area contributed by atoms with Crippen LogP contribution in [-0.2, 0) is 0 Å². The Hall–Kier alpha value is -4.93. The van der Waals surface area contributed by atoms with Crippen LogP contribution >= 0.6 is 0 Å². The summed E-state index contributed by atoms with van der Waals surface area (Å²) < 4.78 is 95.2. The predicted octanol–water partition coefficient (Wildman–Crippen LogP) is 6.19. The highest BCUT2D eigenvalue weighted by Crippen LogP contribution is 2.35. The molecule has 0 radical (unpaired) electrons. The van der Waals surface area contributed by atoms with E-state index in [1.54, 1.807) is 0 Å². The lowest BCUT2D eigenvalue weighted by atomic mass is 10.00. The summed E-state index contributed by atoms with van der Waals surface area (Å²) in [5.74, 6) is -19.4. The van der Waals surface area contributed by atoms with Gasteiger partial charge in [0, 0.05) is 0 Å². The summed E-state index contributed by atoms with van der Waals surface area (Å²) in [6.07, 6.45) is 0. The fourth-order valence-corrected chi connectivity index (χ4v) is 3.29. The number of benzene rings is 4. The highest BCUT2D eigenvalue weighted by molar-refractivity contribution is 6.13. The molecule has 0 aliphatic rings. The molecule has 0 aromatic heterocycles. The van der Waals surface area contributed by atoms with Gasteiger partial charge in [-0.3, -0.25) is 4.79 Å². The van der Waals surface area contributed by atoms with Gasteiger partial charge in [0.05, 0.1) is 22.3 Å². The molecule has 0 N–H and O–H groups in total. The van der Waals surface area contributed by atoms with E-state index in [9.17, 15) is 40.7 Å². The number of carbonyl (C=O) groups excluding carboxylic acids is 3. The van der Waals surface area contributed by atoms with Crippen LogP contribution in [0.5, 0.6) is 11.5 Å². The number of rotatable bonds is 6. The summed E-state index contributed by atoms with van der Waals surface area (Å²) >= 11 is 0. The quantitative estimate of drug-likeness (QED) is 0.0978. The molecular formula is C27H12F6O5. The van der Waals surface area contributed by atoms with Gasteiger partial charge in [-0.15, -0.1) is 0 Å². The van der Waals surface area contributed by atoms with E-state index < -0.39 is 75.3 Å². The Morgan fingerprint density at radius 1 is 0.500 bits per heavy atom. The molecule has 11 heteroatoms. The summed E-state index contributed by atoms with van der Waals surface area (Å²) in [5.41, 5.74) is -2.78. The maximum absolute atomic E-state index is 14.7. The zero-order chi connectivity index (χ0) is 27.6. The van der Waals surface area contributed by atoms with E-state index in [4.69, 9.17) is 9.47 Å². The van der Waals surface area contributed by atoms with Crippen molar-refractivity contribution < 1.29 is 50.2 Å². The van der Waals surface area contributed by atoms with Crippen molar-refractivity contribution in [1.82, 2.24) is 0 Å². The number of halogens is 6. The van der Waals surface area contributed by atoms with Gasteiger partial charge in [-0.25, -0.2) is 27.2 Å². The zero-order valence-corrected chi connectivity index (χ0v) is 18.7. The largest absolute Gasteiger partial charge is 0.419 e. The summed E-state index contributed by atoms with van der Waals surface area (Å²) in [5, 5.41) is 0. The Balaban J connectivity index is 1.84. The average molecular weight is 530 g/mol. The van der Waals surface area contributed by atoms with Gasteiger partial charge in [-0.05, 0) is 36.4 Å². The van der Waals surface area contributed by atoms with Gasteiger partial charge in [0.15, 0.2) is 34.8 Å². The molecule has 0 fully saturated rings. The van der Waals surface area contributed by atoms with Gasteiger partial charge in [-0.2, -0.15) is 8.78 Å². The van der Waals surface area contributed by atoms with Crippen molar-refractivity contribution in [2.45, 2.75) is 0 Å². The van der Waals surface area contributed by atoms with Crippen LogP contribution in [0.15, 0.2) is 72.8 Å². The maximum atomic E-state index is 14.7. The normalized spacial score (nSPS) is 10.7. The monoisotopic (exact) mass is 530 g/mol. The van der Waals surface area contributed by atoms with Crippen molar-refractivity contribution in [3.8, 4) is 11.5 Å². The van der Waals surface area contributed by atoms with Crippen LogP contribution in [0.25, 0.3) is 0 Å². The third-order valence-electron chi connectivity index (χ3n) is 5.13. The molecule has 0 atom stereocenters. The molecule has 38 heavy (non-hydrogen) atoms. The first-order valence-corrected chi connectivity index (χ1v) is 10.5. The maximum Gasteiger partial charge on any atom is 0.343 e. The van der Waals surface area contributed by atoms with E-state index in [1.165, 1.54) is 60.7 Å². The van der Waals surface area contributed by atoms with Crippen LogP contribution in [0, 0.1) is 34.9 Å². The Labute approximate surface area is 209 Å². The van der Waals surface area contributed by atoms with Gasteiger partial charge in [-0.1, -0.05) is 36.4 Å². The van der Waals surface area contributed by atoms with Crippen molar-refractivity contribution in [2.75, 3.05) is 0 Å². The lowest BCUT2D eigenvalue weighted by Crippen LogP contribution is -2.18. The molecule has 5 nitrogen and oxygen atoms in total. The molecule has 0 saturated heterocycles. The van der Waals surface area contributed by atoms with E-state index in [1.807, 2.05) is 0 Å². The molecule has 0 bridgehead atoms. The third-order valence-corrected chi connectivity index (χ3v) is 5.13. The second-order valence-electron chi connectivity index (χ2n) is 7.57. The van der Waals surface area contributed by atoms with Gasteiger partial charge < -0.3 is 9.47 Å². The molecule has 192 valence electrons. The van der Waals surface area contributed by atoms with Crippen LogP contribution < -0.4 is 9.47 Å². The van der Waals surface area contributed by atoms with Crippen molar-refractivity contribution in [2.24, 2.45) is 0 Å². The summed E-state index contributed by atoms with van der Waals surface area (Å²) in [7, 11) is 0. The highest BCUT2D eigenvalue weighted by Gasteiger charge is 2.32. The second kappa shape index (κ2) is 10.6. The number of hydrogen-bond acceptors (Lipinski definition) is 5.